The highest BCUT2D eigenvalue weighted by molar-refractivity contribution is 7.89. The van der Waals surface area contributed by atoms with E-state index in [1.165, 1.54) is 13.0 Å². The molecule has 0 saturated heterocycles. The number of hydrogen-bond donors (Lipinski definition) is 2. The van der Waals surface area contributed by atoms with Gasteiger partial charge in [0.05, 0.1) is 7.11 Å². The Morgan fingerprint density at radius 3 is 2.50 bits per heavy atom. The molecule has 0 atom stereocenters. The molecule has 0 aliphatic heterocycles. The van der Waals surface area contributed by atoms with Crippen LogP contribution in [0.2, 0.25) is 0 Å². The maximum atomic E-state index is 13.7. The molecule has 0 aromatic heterocycles. The zero-order valence-corrected chi connectivity index (χ0v) is 11.6. The third-order valence-electron chi connectivity index (χ3n) is 2.18. The molecule has 0 spiro atoms. The maximum Gasteiger partial charge on any atom is 0.320 e. The van der Waals surface area contributed by atoms with Crippen molar-refractivity contribution < 1.29 is 27.1 Å². The monoisotopic (exact) mass is 304 g/mol. The smallest absolute Gasteiger partial charge is 0.320 e. The van der Waals surface area contributed by atoms with E-state index in [0.717, 1.165) is 19.2 Å². The summed E-state index contributed by atoms with van der Waals surface area (Å²) < 4.78 is 43.4. The number of carbonyl (C=O) groups is 2. The van der Waals surface area contributed by atoms with Crippen molar-refractivity contribution in [3.8, 4) is 0 Å². The molecular formula is C11H13FN2O5S. The Morgan fingerprint density at radius 2 is 2.00 bits per heavy atom. The molecule has 1 rings (SSSR count). The topological polar surface area (TPSA) is 102 Å². The number of nitrogens with one attached hydrogen (secondary N) is 2. The Labute approximate surface area is 115 Å². The van der Waals surface area contributed by atoms with Gasteiger partial charge in [-0.15, -0.1) is 0 Å². The molecule has 20 heavy (non-hydrogen) atoms. The van der Waals surface area contributed by atoms with Gasteiger partial charge in [-0.25, -0.2) is 12.8 Å². The molecule has 0 aliphatic rings. The first-order valence-electron chi connectivity index (χ1n) is 5.40. The number of ether oxygens (including phenoxy) is 1. The Hall–Kier alpha value is -2.00. The molecule has 7 nitrogen and oxygen atoms in total. The molecule has 0 bridgehead atoms. The van der Waals surface area contributed by atoms with Crippen LogP contribution in [0.4, 0.5) is 10.1 Å². The van der Waals surface area contributed by atoms with Gasteiger partial charge in [-0.1, -0.05) is 0 Å². The molecule has 1 amide bonds. The van der Waals surface area contributed by atoms with Gasteiger partial charge < -0.3 is 10.1 Å². The fourth-order valence-corrected chi connectivity index (χ4v) is 2.33. The number of amides is 1. The van der Waals surface area contributed by atoms with Crippen molar-refractivity contribution in [2.24, 2.45) is 0 Å². The summed E-state index contributed by atoms with van der Waals surface area (Å²) in [5.74, 6) is -2.26. The van der Waals surface area contributed by atoms with Gasteiger partial charge in [0, 0.05) is 12.6 Å². The Morgan fingerprint density at radius 1 is 1.35 bits per heavy atom. The lowest BCUT2D eigenvalue weighted by Gasteiger charge is -2.08. The molecule has 0 fully saturated rings. The van der Waals surface area contributed by atoms with E-state index in [4.69, 9.17) is 0 Å². The van der Waals surface area contributed by atoms with Crippen LogP contribution in [0.15, 0.2) is 23.1 Å². The SMILES string of the molecule is COC(=O)CNS(=O)(=O)c1ccc(NC(C)=O)cc1F. The molecule has 2 N–H and O–H groups in total. The summed E-state index contributed by atoms with van der Waals surface area (Å²) in [5.41, 5.74) is 0.127. The lowest BCUT2D eigenvalue weighted by atomic mass is 10.3. The zero-order chi connectivity index (χ0) is 15.3. The van der Waals surface area contributed by atoms with E-state index in [0.29, 0.717) is 0 Å². The van der Waals surface area contributed by atoms with Gasteiger partial charge in [-0.3, -0.25) is 9.59 Å². The van der Waals surface area contributed by atoms with Gasteiger partial charge in [0.25, 0.3) is 0 Å². The van der Waals surface area contributed by atoms with Crippen LogP contribution in [0.25, 0.3) is 0 Å². The fourth-order valence-electron chi connectivity index (χ4n) is 1.30. The summed E-state index contributed by atoms with van der Waals surface area (Å²) in [7, 11) is -3.08. The van der Waals surface area contributed by atoms with Crippen molar-refractivity contribution in [3.05, 3.63) is 24.0 Å². The van der Waals surface area contributed by atoms with Crippen molar-refractivity contribution in [2.45, 2.75) is 11.8 Å². The predicted octanol–water partition coefficient (Wildman–Crippen LogP) is 0.235. The minimum atomic E-state index is -4.18. The van der Waals surface area contributed by atoms with Gasteiger partial charge >= 0.3 is 5.97 Å². The first-order chi connectivity index (χ1) is 9.26. The largest absolute Gasteiger partial charge is 0.468 e. The Kier molecular flexibility index (Phi) is 5.17. The molecule has 0 unspecified atom stereocenters. The number of sulfonamides is 1. The quantitative estimate of drug-likeness (QED) is 0.759. The predicted molar refractivity (Wildman–Crippen MR) is 67.9 cm³/mol. The van der Waals surface area contributed by atoms with Crippen LogP contribution in [0.5, 0.6) is 0 Å². The standard InChI is InChI=1S/C11H13FN2O5S/c1-7(15)14-8-3-4-10(9(12)5-8)20(17,18)13-6-11(16)19-2/h3-5,13H,6H2,1-2H3,(H,14,15). The summed E-state index contributed by atoms with van der Waals surface area (Å²) >= 11 is 0. The first-order valence-corrected chi connectivity index (χ1v) is 6.88. The van der Waals surface area contributed by atoms with E-state index in [-0.39, 0.29) is 5.69 Å². The molecule has 110 valence electrons. The van der Waals surface area contributed by atoms with Crippen LogP contribution in [-0.4, -0.2) is 33.9 Å². The second kappa shape index (κ2) is 6.44. The highest BCUT2D eigenvalue weighted by Crippen LogP contribution is 2.18. The minimum absolute atomic E-state index is 0.127. The van der Waals surface area contributed by atoms with Crippen LogP contribution in [0.1, 0.15) is 6.92 Å². The first kappa shape index (κ1) is 16.1. The average Bonchev–Trinajstić information content (AvgIpc) is 2.35. The summed E-state index contributed by atoms with van der Waals surface area (Å²) in [4.78, 5) is 21.0. The van der Waals surface area contributed by atoms with Crippen molar-refractivity contribution >= 4 is 27.6 Å². The van der Waals surface area contributed by atoms with E-state index in [2.05, 4.69) is 10.1 Å². The normalized spacial score (nSPS) is 10.9. The molecule has 0 radical (unpaired) electrons. The summed E-state index contributed by atoms with van der Waals surface area (Å²) in [6, 6.07) is 3.09. The van der Waals surface area contributed by atoms with Gasteiger partial charge in [-0.2, -0.15) is 4.72 Å². The number of benzene rings is 1. The average molecular weight is 304 g/mol. The number of esters is 1. The van der Waals surface area contributed by atoms with Crippen molar-refractivity contribution in [3.63, 3.8) is 0 Å². The number of hydrogen-bond acceptors (Lipinski definition) is 5. The van der Waals surface area contributed by atoms with E-state index in [1.54, 1.807) is 0 Å². The number of carbonyl (C=O) groups excluding carboxylic acids is 2. The molecule has 1 aromatic carbocycles. The van der Waals surface area contributed by atoms with Crippen molar-refractivity contribution in [1.82, 2.24) is 4.72 Å². The minimum Gasteiger partial charge on any atom is -0.468 e. The molecular weight excluding hydrogens is 291 g/mol. The van der Waals surface area contributed by atoms with Gasteiger partial charge in [0.2, 0.25) is 15.9 Å². The van der Waals surface area contributed by atoms with Crippen LogP contribution in [-0.2, 0) is 24.3 Å². The van der Waals surface area contributed by atoms with Crippen LogP contribution >= 0.6 is 0 Å². The summed E-state index contributed by atoms with van der Waals surface area (Å²) in [5, 5.41) is 2.32. The number of rotatable bonds is 5. The van der Waals surface area contributed by atoms with Crippen LogP contribution in [0, 0.1) is 5.82 Å². The highest BCUT2D eigenvalue weighted by Gasteiger charge is 2.20. The van der Waals surface area contributed by atoms with E-state index in [1.807, 2.05) is 4.72 Å². The second-order valence-electron chi connectivity index (χ2n) is 3.73. The lowest BCUT2D eigenvalue weighted by molar-refractivity contribution is -0.139. The second-order valence-corrected chi connectivity index (χ2v) is 5.46. The molecule has 1 aromatic rings. The Balaban J connectivity index is 2.95. The lowest BCUT2D eigenvalue weighted by Crippen LogP contribution is -2.30. The summed E-state index contributed by atoms with van der Waals surface area (Å²) in [6.45, 7) is 0.631. The number of anilines is 1. The van der Waals surface area contributed by atoms with Gasteiger partial charge in [-0.05, 0) is 18.2 Å². The summed E-state index contributed by atoms with van der Waals surface area (Å²) in [6.07, 6.45) is 0. The number of halogens is 1. The maximum absolute atomic E-state index is 13.7. The molecule has 0 saturated carbocycles. The van der Waals surface area contributed by atoms with Gasteiger partial charge in [0.1, 0.15) is 17.3 Å². The zero-order valence-electron chi connectivity index (χ0n) is 10.8. The fraction of sp³-hybridized carbons (Fsp3) is 0.273. The third-order valence-corrected chi connectivity index (χ3v) is 3.61. The van der Waals surface area contributed by atoms with Crippen molar-refractivity contribution in [2.75, 3.05) is 19.0 Å². The Bertz CT molecular complexity index is 630. The van der Waals surface area contributed by atoms with E-state index < -0.39 is 39.2 Å². The molecule has 0 heterocycles. The van der Waals surface area contributed by atoms with Crippen LogP contribution < -0.4 is 10.0 Å². The molecule has 0 aliphatic carbocycles. The van der Waals surface area contributed by atoms with Gasteiger partial charge in [0.15, 0.2) is 0 Å². The van der Waals surface area contributed by atoms with E-state index in [9.17, 15) is 22.4 Å². The van der Waals surface area contributed by atoms with E-state index >= 15 is 0 Å². The highest BCUT2D eigenvalue weighted by atomic mass is 32.2. The number of methoxy groups -OCH3 is 1. The third kappa shape index (κ3) is 4.28. The molecule has 9 heteroatoms. The van der Waals surface area contributed by atoms with Crippen molar-refractivity contribution in [1.29, 1.82) is 0 Å². The van der Waals surface area contributed by atoms with Crippen LogP contribution in [0.3, 0.4) is 0 Å².